The molecule has 2 heterocycles. The number of hydrogen-bond acceptors (Lipinski definition) is 7. The summed E-state index contributed by atoms with van der Waals surface area (Å²) in [5.41, 5.74) is 7.92. The first-order valence-corrected chi connectivity index (χ1v) is 13.8. The molecule has 1 aliphatic carbocycles. The van der Waals surface area contributed by atoms with Crippen molar-refractivity contribution in [3.05, 3.63) is 29.5 Å². The number of aliphatic hydroxyl groups is 1. The summed E-state index contributed by atoms with van der Waals surface area (Å²) >= 11 is 2.13. The van der Waals surface area contributed by atoms with Gasteiger partial charge in [-0.2, -0.15) is 0 Å². The van der Waals surface area contributed by atoms with Crippen molar-refractivity contribution in [2.45, 2.75) is 50.7 Å². The van der Waals surface area contributed by atoms with E-state index in [9.17, 15) is 10.2 Å². The highest BCUT2D eigenvalue weighted by Crippen LogP contribution is 2.44. The van der Waals surface area contributed by atoms with Gasteiger partial charge in [0.25, 0.3) is 0 Å². The minimum atomic E-state index is -0.266. The van der Waals surface area contributed by atoms with Crippen molar-refractivity contribution in [2.75, 3.05) is 49.6 Å². The van der Waals surface area contributed by atoms with E-state index in [0.29, 0.717) is 33.2 Å². The summed E-state index contributed by atoms with van der Waals surface area (Å²) in [5, 5.41) is 23.7. The van der Waals surface area contributed by atoms with Crippen LogP contribution >= 0.6 is 22.6 Å². The smallest absolute Gasteiger partial charge is 0.171 e. The summed E-state index contributed by atoms with van der Waals surface area (Å²) in [7, 11) is 0. The second kappa shape index (κ2) is 11.5. The van der Waals surface area contributed by atoms with Crippen molar-refractivity contribution in [3.8, 4) is 5.75 Å². The lowest BCUT2D eigenvalue weighted by atomic mass is 9.92. The SMILES string of the molecule is Nc1ccc(O)cc1/C(NCCC1CCN(CCC2CCCC23OCCO3)CC1)=C(/O)CI. The van der Waals surface area contributed by atoms with Crippen LogP contribution in [0, 0.1) is 11.8 Å². The van der Waals surface area contributed by atoms with Crippen molar-refractivity contribution in [3.63, 3.8) is 0 Å². The number of nitrogens with two attached hydrogens (primary N) is 1. The zero-order valence-electron chi connectivity index (χ0n) is 19.4. The van der Waals surface area contributed by atoms with Crippen LogP contribution in [0.15, 0.2) is 24.0 Å². The van der Waals surface area contributed by atoms with Gasteiger partial charge < -0.3 is 35.6 Å². The van der Waals surface area contributed by atoms with Crippen molar-refractivity contribution in [2.24, 2.45) is 11.8 Å². The minimum Gasteiger partial charge on any atom is -0.509 e. The van der Waals surface area contributed by atoms with Gasteiger partial charge in [-0.05, 0) is 82.3 Å². The predicted octanol–water partition coefficient (Wildman–Crippen LogP) is 4.26. The Morgan fingerprint density at radius 1 is 1.18 bits per heavy atom. The molecular weight excluding hydrogens is 533 g/mol. The molecule has 5 N–H and O–H groups in total. The molecule has 3 fully saturated rings. The van der Waals surface area contributed by atoms with Gasteiger partial charge in [0, 0.05) is 30.1 Å². The molecule has 3 aliphatic rings. The molecule has 1 aromatic carbocycles. The first kappa shape index (κ1) is 24.9. The van der Waals surface area contributed by atoms with Gasteiger partial charge in [0.15, 0.2) is 5.79 Å². The number of anilines is 1. The number of benzene rings is 1. The van der Waals surface area contributed by atoms with E-state index in [1.54, 1.807) is 18.2 Å². The summed E-state index contributed by atoms with van der Waals surface area (Å²) in [6, 6.07) is 4.83. The lowest BCUT2D eigenvalue weighted by molar-refractivity contribution is -0.183. The third-order valence-electron chi connectivity index (χ3n) is 7.55. The average molecular weight is 572 g/mol. The molecule has 0 aromatic heterocycles. The van der Waals surface area contributed by atoms with Crippen LogP contribution in [0.25, 0.3) is 5.70 Å². The second-order valence-corrected chi connectivity index (χ2v) is 10.4. The molecule has 1 aromatic rings. The Labute approximate surface area is 210 Å². The molecule has 7 nitrogen and oxygen atoms in total. The van der Waals surface area contributed by atoms with E-state index in [-0.39, 0.29) is 17.3 Å². The number of aliphatic hydroxyl groups excluding tert-OH is 1. The lowest BCUT2D eigenvalue weighted by Gasteiger charge is -2.35. The number of likely N-dealkylation sites (tertiary alicyclic amines) is 1. The number of rotatable bonds is 9. The van der Waals surface area contributed by atoms with E-state index in [0.717, 1.165) is 52.2 Å². The fourth-order valence-corrected chi connectivity index (χ4v) is 6.03. The van der Waals surface area contributed by atoms with Gasteiger partial charge >= 0.3 is 0 Å². The van der Waals surface area contributed by atoms with Crippen LogP contribution < -0.4 is 11.1 Å². The Hall–Kier alpha value is -1.23. The number of piperidine rings is 1. The van der Waals surface area contributed by atoms with Crippen LogP contribution in [0.3, 0.4) is 0 Å². The summed E-state index contributed by atoms with van der Waals surface area (Å²) in [4.78, 5) is 2.60. The third-order valence-corrected chi connectivity index (χ3v) is 8.28. The number of nitrogens with zero attached hydrogens (tertiary/aromatic N) is 1. The maximum Gasteiger partial charge on any atom is 0.171 e. The topological polar surface area (TPSA) is 100 Å². The number of hydrogen-bond donors (Lipinski definition) is 4. The molecule has 0 amide bonds. The Bertz CT molecular complexity index is 814. The third kappa shape index (κ3) is 6.07. The molecule has 8 heteroatoms. The summed E-state index contributed by atoms with van der Waals surface area (Å²) in [6.07, 6.45) is 8.14. The molecule has 1 atom stereocenters. The maximum atomic E-state index is 10.4. The van der Waals surface area contributed by atoms with E-state index < -0.39 is 0 Å². The quantitative estimate of drug-likeness (QED) is 0.116. The number of allylic oxidation sites excluding steroid dienone is 1. The van der Waals surface area contributed by atoms with E-state index in [1.165, 1.54) is 32.1 Å². The Balaban J connectivity index is 1.21. The van der Waals surface area contributed by atoms with Crippen molar-refractivity contribution >= 4 is 34.0 Å². The van der Waals surface area contributed by atoms with Gasteiger partial charge in [-0.15, -0.1) is 0 Å². The Morgan fingerprint density at radius 3 is 2.67 bits per heavy atom. The molecule has 0 bridgehead atoms. The zero-order valence-corrected chi connectivity index (χ0v) is 21.6. The highest BCUT2D eigenvalue weighted by Gasteiger charge is 2.47. The second-order valence-electron chi connectivity index (χ2n) is 9.61. The van der Waals surface area contributed by atoms with E-state index in [4.69, 9.17) is 15.2 Å². The molecule has 33 heavy (non-hydrogen) atoms. The number of phenols is 1. The zero-order chi connectivity index (χ0) is 23.3. The van der Waals surface area contributed by atoms with Crippen LogP contribution in [0.5, 0.6) is 5.75 Å². The number of ether oxygens (including phenoxy) is 2. The van der Waals surface area contributed by atoms with Gasteiger partial charge in [-0.1, -0.05) is 22.6 Å². The van der Waals surface area contributed by atoms with Gasteiger partial charge in [-0.25, -0.2) is 0 Å². The number of nitrogens with one attached hydrogen (secondary N) is 1. The average Bonchev–Trinajstić information content (AvgIpc) is 3.47. The number of alkyl halides is 1. The molecule has 1 spiro atoms. The first-order chi connectivity index (χ1) is 16.0. The summed E-state index contributed by atoms with van der Waals surface area (Å²) in [6.45, 7) is 5.70. The van der Waals surface area contributed by atoms with E-state index in [1.807, 2.05) is 0 Å². The van der Waals surface area contributed by atoms with E-state index >= 15 is 0 Å². The molecule has 2 aliphatic heterocycles. The lowest BCUT2D eigenvalue weighted by Crippen LogP contribution is -2.39. The maximum absolute atomic E-state index is 10.4. The minimum absolute atomic E-state index is 0.140. The molecule has 1 saturated carbocycles. The molecule has 1 unspecified atom stereocenters. The summed E-state index contributed by atoms with van der Waals surface area (Å²) in [5.74, 6) is 1.35. The van der Waals surface area contributed by atoms with Crippen LogP contribution in [0.1, 0.15) is 50.5 Å². The number of halogens is 1. The van der Waals surface area contributed by atoms with Crippen molar-refractivity contribution < 1.29 is 19.7 Å². The van der Waals surface area contributed by atoms with Crippen molar-refractivity contribution in [1.29, 1.82) is 0 Å². The van der Waals surface area contributed by atoms with Gasteiger partial charge in [-0.3, -0.25) is 0 Å². The molecule has 4 rings (SSSR count). The number of nitrogen functional groups attached to an aromatic ring is 1. The van der Waals surface area contributed by atoms with E-state index in [2.05, 4.69) is 32.8 Å². The molecule has 184 valence electrons. The van der Waals surface area contributed by atoms with Crippen LogP contribution in [0.4, 0.5) is 5.69 Å². The fourth-order valence-electron chi connectivity index (χ4n) is 5.65. The fraction of sp³-hybridized carbons (Fsp3) is 0.680. The first-order valence-electron chi connectivity index (χ1n) is 12.3. The van der Waals surface area contributed by atoms with Crippen molar-refractivity contribution in [1.82, 2.24) is 10.2 Å². The standard InChI is InChI=1S/C25H38IN3O4/c26-17-23(31)24(21-16-20(30)3-4-22(21)27)28-10-5-18-6-11-29(12-7-18)13-8-19-2-1-9-25(19)32-14-15-33-25/h3-4,16,18-19,28,30-31H,1-2,5-15,17,27H2/b24-23-. The number of aromatic hydroxyl groups is 1. The normalized spacial score (nSPS) is 24.3. The highest BCUT2D eigenvalue weighted by atomic mass is 127. The van der Waals surface area contributed by atoms with Gasteiger partial charge in [0.2, 0.25) is 0 Å². The largest absolute Gasteiger partial charge is 0.509 e. The molecule has 2 saturated heterocycles. The van der Waals surface area contributed by atoms with Gasteiger partial charge in [0.05, 0.1) is 23.3 Å². The Kier molecular flexibility index (Phi) is 8.64. The monoisotopic (exact) mass is 571 g/mol. The highest BCUT2D eigenvalue weighted by molar-refractivity contribution is 14.1. The number of phenolic OH excluding ortho intramolecular Hbond substituents is 1. The van der Waals surface area contributed by atoms with Crippen LogP contribution in [0.2, 0.25) is 0 Å². The predicted molar refractivity (Wildman–Crippen MR) is 139 cm³/mol. The van der Waals surface area contributed by atoms with Gasteiger partial charge in [0.1, 0.15) is 11.5 Å². The van der Waals surface area contributed by atoms with Crippen LogP contribution in [-0.4, -0.2) is 64.7 Å². The van der Waals surface area contributed by atoms with Crippen LogP contribution in [-0.2, 0) is 9.47 Å². The molecule has 0 radical (unpaired) electrons. The molecular formula is C25H38IN3O4. The Morgan fingerprint density at radius 2 is 1.94 bits per heavy atom. The summed E-state index contributed by atoms with van der Waals surface area (Å²) < 4.78 is 12.5.